The van der Waals surface area contributed by atoms with Crippen LogP contribution < -0.4 is 4.74 Å². The van der Waals surface area contributed by atoms with Crippen molar-refractivity contribution in [2.24, 2.45) is 0 Å². The molecule has 10 heteroatoms. The van der Waals surface area contributed by atoms with Gasteiger partial charge in [-0.25, -0.2) is 18.6 Å². The van der Waals surface area contributed by atoms with E-state index in [0.29, 0.717) is 35.4 Å². The van der Waals surface area contributed by atoms with Crippen LogP contribution in [0.1, 0.15) is 56.3 Å². The van der Waals surface area contributed by atoms with E-state index in [1.165, 1.54) is 43.5 Å². The summed E-state index contributed by atoms with van der Waals surface area (Å²) in [5.41, 5.74) is 1.73. The van der Waals surface area contributed by atoms with Crippen molar-refractivity contribution in [2.75, 3.05) is 13.7 Å². The fourth-order valence-corrected chi connectivity index (χ4v) is 5.19. The minimum Gasteiger partial charge on any atom is -0.478 e. The predicted octanol–water partition coefficient (Wildman–Crippen LogP) is 6.08. The highest BCUT2D eigenvalue weighted by Gasteiger charge is 2.46. The van der Waals surface area contributed by atoms with E-state index in [1.54, 1.807) is 35.2 Å². The van der Waals surface area contributed by atoms with Crippen molar-refractivity contribution in [3.8, 4) is 23.2 Å². The number of rotatable bonds is 10. The number of carboxylic acid groups (broad SMARTS) is 1. The summed E-state index contributed by atoms with van der Waals surface area (Å²) in [6, 6.07) is 19.9. The molecular formula is C33H27F2N3O5. The SMILES string of the molecule is COCCC1(C)c2cc(C(=O)O)ccc2C(=O)N1Cc1ccc(-c2cccc(OCc3ccc(C#N)cc3F)n2)cc1F. The van der Waals surface area contributed by atoms with Crippen LogP contribution in [0.15, 0.2) is 72.8 Å². The fourth-order valence-electron chi connectivity index (χ4n) is 5.19. The Kier molecular flexibility index (Phi) is 8.19. The molecule has 1 aromatic heterocycles. The van der Waals surface area contributed by atoms with Gasteiger partial charge in [-0.2, -0.15) is 5.26 Å². The Balaban J connectivity index is 1.37. The van der Waals surface area contributed by atoms with Gasteiger partial charge in [0, 0.05) is 48.6 Å². The van der Waals surface area contributed by atoms with Gasteiger partial charge in [0.15, 0.2) is 0 Å². The molecular weight excluding hydrogens is 556 g/mol. The van der Waals surface area contributed by atoms with Crippen LogP contribution in [0.5, 0.6) is 5.88 Å². The highest BCUT2D eigenvalue weighted by molar-refractivity contribution is 6.01. The number of pyridine rings is 1. The van der Waals surface area contributed by atoms with Crippen LogP contribution in [0.25, 0.3) is 11.3 Å². The zero-order chi connectivity index (χ0) is 30.7. The Morgan fingerprint density at radius 2 is 1.81 bits per heavy atom. The largest absolute Gasteiger partial charge is 0.478 e. The van der Waals surface area contributed by atoms with Crippen LogP contribution in [0.4, 0.5) is 8.78 Å². The number of aromatic carboxylic acids is 1. The number of methoxy groups -OCH3 is 1. The lowest BCUT2D eigenvalue weighted by atomic mass is 9.87. The number of carbonyl (C=O) groups is 2. The molecule has 1 aliphatic heterocycles. The lowest BCUT2D eigenvalue weighted by Gasteiger charge is -2.36. The van der Waals surface area contributed by atoms with Gasteiger partial charge in [0.1, 0.15) is 18.2 Å². The number of fused-ring (bicyclic) bond motifs is 1. The van der Waals surface area contributed by atoms with Crippen LogP contribution in [-0.4, -0.2) is 40.6 Å². The second-order valence-corrected chi connectivity index (χ2v) is 10.3. The molecule has 0 aliphatic carbocycles. The zero-order valence-corrected chi connectivity index (χ0v) is 23.4. The fraction of sp³-hybridized carbons (Fsp3) is 0.212. The summed E-state index contributed by atoms with van der Waals surface area (Å²) in [5.74, 6) is -2.32. The first-order chi connectivity index (χ1) is 20.6. The van der Waals surface area contributed by atoms with E-state index in [0.717, 1.165) is 6.07 Å². The number of carboxylic acids is 1. The van der Waals surface area contributed by atoms with Crippen LogP contribution in [0.3, 0.4) is 0 Å². The monoisotopic (exact) mass is 583 g/mol. The Morgan fingerprint density at radius 1 is 1.05 bits per heavy atom. The van der Waals surface area contributed by atoms with E-state index in [2.05, 4.69) is 4.98 Å². The minimum atomic E-state index is -1.10. The van der Waals surface area contributed by atoms with Crippen molar-refractivity contribution >= 4 is 11.9 Å². The molecule has 0 radical (unpaired) electrons. The van der Waals surface area contributed by atoms with Gasteiger partial charge in [-0.1, -0.05) is 24.3 Å². The van der Waals surface area contributed by atoms with E-state index in [4.69, 9.17) is 14.7 Å². The first-order valence-corrected chi connectivity index (χ1v) is 13.4. The molecule has 1 atom stereocenters. The number of benzene rings is 3. The van der Waals surface area contributed by atoms with Gasteiger partial charge < -0.3 is 19.5 Å². The molecule has 8 nitrogen and oxygen atoms in total. The molecule has 1 unspecified atom stereocenters. The molecule has 2 heterocycles. The number of amides is 1. The van der Waals surface area contributed by atoms with Gasteiger partial charge in [-0.15, -0.1) is 0 Å². The standard InChI is InChI=1S/C33H27F2N3O5/c1-33(12-13-42-2)26-15-22(32(40)41)10-11-25(26)31(39)38(33)18-23-9-8-21(16-28(23)35)29-4-3-5-30(37-29)43-19-24-7-6-20(17-36)14-27(24)34/h3-11,14-16H,12-13,18-19H2,1-2H3,(H,40,41). The average Bonchev–Trinajstić information content (AvgIpc) is 3.21. The molecule has 5 rings (SSSR count). The number of carbonyl (C=O) groups excluding carboxylic acids is 1. The van der Waals surface area contributed by atoms with Crippen molar-refractivity contribution < 1.29 is 33.0 Å². The Labute approximate surface area is 246 Å². The van der Waals surface area contributed by atoms with Crippen molar-refractivity contribution in [1.29, 1.82) is 5.26 Å². The second kappa shape index (κ2) is 12.0. The lowest BCUT2D eigenvalue weighted by Crippen LogP contribution is -2.42. The third kappa shape index (κ3) is 5.80. The number of hydrogen-bond donors (Lipinski definition) is 1. The lowest BCUT2D eigenvalue weighted by molar-refractivity contribution is 0.0449. The summed E-state index contributed by atoms with van der Waals surface area (Å²) in [6.45, 7) is 1.98. The second-order valence-electron chi connectivity index (χ2n) is 10.3. The zero-order valence-electron chi connectivity index (χ0n) is 23.4. The molecule has 1 amide bonds. The van der Waals surface area contributed by atoms with E-state index in [9.17, 15) is 19.1 Å². The Hall–Kier alpha value is -5.14. The number of nitrogens with zero attached hydrogens (tertiary/aromatic N) is 3. The molecule has 1 N–H and O–H groups in total. The topological polar surface area (TPSA) is 113 Å². The maximum absolute atomic E-state index is 15.5. The maximum atomic E-state index is 15.5. The summed E-state index contributed by atoms with van der Waals surface area (Å²) < 4.78 is 40.7. The Bertz CT molecular complexity index is 1770. The quantitative estimate of drug-likeness (QED) is 0.241. The third-order valence-electron chi connectivity index (χ3n) is 7.67. The summed E-state index contributed by atoms with van der Waals surface area (Å²) in [7, 11) is 1.54. The van der Waals surface area contributed by atoms with Crippen LogP contribution in [0, 0.1) is 23.0 Å². The molecule has 0 bridgehead atoms. The number of nitriles is 1. The average molecular weight is 584 g/mol. The van der Waals surface area contributed by atoms with E-state index in [1.807, 2.05) is 13.0 Å². The van der Waals surface area contributed by atoms with Crippen molar-refractivity contribution in [3.63, 3.8) is 0 Å². The first-order valence-electron chi connectivity index (χ1n) is 13.4. The summed E-state index contributed by atoms with van der Waals surface area (Å²) in [4.78, 5) is 31.1. The molecule has 0 saturated heterocycles. The van der Waals surface area contributed by atoms with Crippen LogP contribution in [0.2, 0.25) is 0 Å². The van der Waals surface area contributed by atoms with Crippen LogP contribution >= 0.6 is 0 Å². The highest BCUT2D eigenvalue weighted by atomic mass is 19.1. The summed E-state index contributed by atoms with van der Waals surface area (Å²) in [5, 5.41) is 18.4. The maximum Gasteiger partial charge on any atom is 0.335 e. The Morgan fingerprint density at radius 3 is 2.51 bits per heavy atom. The molecule has 1 aliphatic rings. The number of halogens is 2. The number of aromatic nitrogens is 1. The van der Waals surface area contributed by atoms with Crippen LogP contribution in [-0.2, 0) is 23.4 Å². The molecule has 43 heavy (non-hydrogen) atoms. The smallest absolute Gasteiger partial charge is 0.335 e. The molecule has 0 fully saturated rings. The minimum absolute atomic E-state index is 0.0466. The molecule has 4 aromatic rings. The molecule has 3 aromatic carbocycles. The van der Waals surface area contributed by atoms with Gasteiger partial charge in [0.25, 0.3) is 5.91 Å². The van der Waals surface area contributed by atoms with Gasteiger partial charge in [0.2, 0.25) is 5.88 Å². The summed E-state index contributed by atoms with van der Waals surface area (Å²) >= 11 is 0. The van der Waals surface area contributed by atoms with Crippen molar-refractivity contribution in [3.05, 3.63) is 118 Å². The molecule has 218 valence electrons. The molecule has 0 saturated carbocycles. The predicted molar refractivity (Wildman–Crippen MR) is 152 cm³/mol. The van der Waals surface area contributed by atoms with Gasteiger partial charge in [0.05, 0.1) is 28.4 Å². The van der Waals surface area contributed by atoms with Gasteiger partial charge >= 0.3 is 5.97 Å². The first kappa shape index (κ1) is 29.4. The van der Waals surface area contributed by atoms with Crippen molar-refractivity contribution in [1.82, 2.24) is 9.88 Å². The van der Waals surface area contributed by atoms with Gasteiger partial charge in [-0.05, 0) is 61.4 Å². The summed E-state index contributed by atoms with van der Waals surface area (Å²) in [6.07, 6.45) is 0.383. The number of hydrogen-bond acceptors (Lipinski definition) is 6. The van der Waals surface area contributed by atoms with E-state index in [-0.39, 0.29) is 47.2 Å². The third-order valence-corrected chi connectivity index (χ3v) is 7.67. The van der Waals surface area contributed by atoms with Crippen molar-refractivity contribution in [2.45, 2.75) is 32.0 Å². The highest BCUT2D eigenvalue weighted by Crippen LogP contribution is 2.43. The number of ether oxygens (including phenoxy) is 2. The molecule has 0 spiro atoms. The normalized spacial score (nSPS) is 15.7. The van der Waals surface area contributed by atoms with E-state index < -0.39 is 23.1 Å². The van der Waals surface area contributed by atoms with E-state index >= 15 is 4.39 Å². The van der Waals surface area contributed by atoms with Gasteiger partial charge in [-0.3, -0.25) is 4.79 Å².